The number of rotatable bonds is 3. The van der Waals surface area contributed by atoms with Gasteiger partial charge < -0.3 is 9.80 Å². The van der Waals surface area contributed by atoms with E-state index in [2.05, 4.69) is 24.7 Å². The van der Waals surface area contributed by atoms with E-state index in [1.54, 1.807) is 4.68 Å². The lowest BCUT2D eigenvalue weighted by Crippen LogP contribution is -2.38. The van der Waals surface area contributed by atoms with Gasteiger partial charge >= 0.3 is 6.03 Å². The maximum atomic E-state index is 12.5. The Kier molecular flexibility index (Phi) is 4.98. The van der Waals surface area contributed by atoms with Gasteiger partial charge in [0.15, 0.2) is 0 Å². The highest BCUT2D eigenvalue weighted by molar-refractivity contribution is 7.09. The molecule has 0 radical (unpaired) electrons. The lowest BCUT2D eigenvalue weighted by Gasteiger charge is -2.21. The zero-order valence-electron chi connectivity index (χ0n) is 14.3. The molecular formula is C15H23N7OS. The summed E-state index contributed by atoms with van der Waals surface area (Å²) in [4.78, 5) is 21.0. The number of anilines is 2. The molecular weight excluding hydrogens is 326 g/mol. The number of hydrogen-bond donors (Lipinski definition) is 1. The number of aryl methyl sites for hydroxylation is 3. The third kappa shape index (κ3) is 3.66. The molecule has 1 N–H and O–H groups in total. The molecule has 0 spiro atoms. The van der Waals surface area contributed by atoms with Crippen LogP contribution in [-0.4, -0.2) is 56.2 Å². The second-order valence-corrected chi connectivity index (χ2v) is 6.61. The summed E-state index contributed by atoms with van der Waals surface area (Å²) >= 11 is 1.42. The summed E-state index contributed by atoms with van der Waals surface area (Å²) in [5, 5.41) is 8.26. The molecule has 24 heavy (non-hydrogen) atoms. The zero-order valence-corrected chi connectivity index (χ0v) is 15.1. The molecule has 130 valence electrons. The first kappa shape index (κ1) is 16.7. The van der Waals surface area contributed by atoms with Crippen molar-refractivity contribution in [2.24, 2.45) is 7.05 Å². The van der Waals surface area contributed by atoms with Crippen molar-refractivity contribution < 1.29 is 4.79 Å². The summed E-state index contributed by atoms with van der Waals surface area (Å²) in [6.07, 6.45) is 1.77. The second-order valence-electron chi connectivity index (χ2n) is 5.88. The molecule has 0 unspecified atom stereocenters. The quantitative estimate of drug-likeness (QED) is 0.915. The van der Waals surface area contributed by atoms with Crippen molar-refractivity contribution >= 4 is 28.5 Å². The highest BCUT2D eigenvalue weighted by Crippen LogP contribution is 2.19. The molecule has 2 amide bonds. The van der Waals surface area contributed by atoms with Crippen LogP contribution in [0.4, 0.5) is 15.7 Å². The summed E-state index contributed by atoms with van der Waals surface area (Å²) in [5.74, 6) is 1.54. The summed E-state index contributed by atoms with van der Waals surface area (Å²) in [6.45, 7) is 7.02. The van der Waals surface area contributed by atoms with Gasteiger partial charge in [0, 0.05) is 50.8 Å². The molecule has 1 aliphatic heterocycles. The molecule has 1 aliphatic rings. The number of nitrogens with zero attached hydrogens (tertiary/aromatic N) is 6. The van der Waals surface area contributed by atoms with Gasteiger partial charge in [-0.3, -0.25) is 10.00 Å². The number of nitrogens with one attached hydrogen (secondary N) is 1. The Hall–Kier alpha value is -2.16. The van der Waals surface area contributed by atoms with Gasteiger partial charge in [0.2, 0.25) is 5.13 Å². The van der Waals surface area contributed by atoms with Gasteiger partial charge in [-0.05, 0) is 19.8 Å². The van der Waals surface area contributed by atoms with Crippen molar-refractivity contribution in [3.05, 3.63) is 17.6 Å². The fourth-order valence-electron chi connectivity index (χ4n) is 2.73. The molecule has 2 aromatic heterocycles. The number of carbonyl (C=O) groups is 1. The van der Waals surface area contributed by atoms with E-state index in [0.717, 1.165) is 54.9 Å². The molecule has 0 atom stereocenters. The summed E-state index contributed by atoms with van der Waals surface area (Å²) in [6, 6.07) is 1.85. The molecule has 3 heterocycles. The van der Waals surface area contributed by atoms with Gasteiger partial charge in [-0.15, -0.1) is 0 Å². The molecule has 2 aromatic rings. The summed E-state index contributed by atoms with van der Waals surface area (Å²) in [5.41, 5.74) is 0.974. The van der Waals surface area contributed by atoms with Crippen molar-refractivity contribution in [2.45, 2.75) is 26.7 Å². The lowest BCUT2D eigenvalue weighted by molar-refractivity contribution is 0.215. The maximum Gasteiger partial charge on any atom is 0.323 e. The number of urea groups is 1. The predicted molar refractivity (Wildman–Crippen MR) is 94.7 cm³/mol. The Morgan fingerprint density at radius 1 is 1.33 bits per heavy atom. The van der Waals surface area contributed by atoms with E-state index in [-0.39, 0.29) is 6.03 Å². The molecule has 8 nitrogen and oxygen atoms in total. The number of aromatic nitrogens is 4. The van der Waals surface area contributed by atoms with Crippen molar-refractivity contribution in [3.63, 3.8) is 0 Å². The van der Waals surface area contributed by atoms with Crippen LogP contribution >= 0.6 is 11.5 Å². The Labute approximate surface area is 145 Å². The average Bonchev–Trinajstić information content (AvgIpc) is 3.05. The van der Waals surface area contributed by atoms with Crippen molar-refractivity contribution in [1.82, 2.24) is 24.0 Å². The maximum absolute atomic E-state index is 12.5. The average molecular weight is 349 g/mol. The van der Waals surface area contributed by atoms with Gasteiger partial charge in [0.05, 0.1) is 5.69 Å². The Morgan fingerprint density at radius 3 is 2.83 bits per heavy atom. The van der Waals surface area contributed by atoms with Crippen LogP contribution in [0.2, 0.25) is 0 Å². The standard InChI is InChI=1S/C15H23N7OS/c1-4-12-10-13(20(3)18-12)17-14(23)21-6-5-7-22(9-8-21)15-16-11(2)19-24-15/h10H,4-9H2,1-3H3,(H,17,23). The smallest absolute Gasteiger partial charge is 0.323 e. The number of carbonyl (C=O) groups excluding carboxylic acids is 1. The fraction of sp³-hybridized carbons (Fsp3) is 0.600. The topological polar surface area (TPSA) is 79.2 Å². The highest BCUT2D eigenvalue weighted by atomic mass is 32.1. The van der Waals surface area contributed by atoms with Gasteiger partial charge in [-0.2, -0.15) is 9.47 Å². The first-order valence-corrected chi connectivity index (χ1v) is 8.98. The van der Waals surface area contributed by atoms with Crippen molar-refractivity contribution in [2.75, 3.05) is 36.4 Å². The molecule has 0 aromatic carbocycles. The normalized spacial score (nSPS) is 15.5. The Bertz CT molecular complexity index is 710. The molecule has 0 bridgehead atoms. The molecule has 1 fully saturated rings. The van der Waals surface area contributed by atoms with Gasteiger partial charge in [0.25, 0.3) is 0 Å². The second kappa shape index (κ2) is 7.16. The number of amides is 2. The third-order valence-electron chi connectivity index (χ3n) is 4.10. The van der Waals surface area contributed by atoms with E-state index >= 15 is 0 Å². The van der Waals surface area contributed by atoms with Crippen LogP contribution in [0.1, 0.15) is 24.9 Å². The third-order valence-corrected chi connectivity index (χ3v) is 4.97. The minimum Gasteiger partial charge on any atom is -0.345 e. The van der Waals surface area contributed by atoms with Crippen LogP contribution in [0, 0.1) is 6.92 Å². The van der Waals surface area contributed by atoms with E-state index in [1.807, 2.05) is 31.9 Å². The van der Waals surface area contributed by atoms with Crippen LogP contribution in [-0.2, 0) is 13.5 Å². The first-order chi connectivity index (χ1) is 11.6. The van der Waals surface area contributed by atoms with E-state index in [0.29, 0.717) is 6.54 Å². The van der Waals surface area contributed by atoms with Crippen molar-refractivity contribution in [3.8, 4) is 0 Å². The van der Waals surface area contributed by atoms with Crippen LogP contribution in [0.3, 0.4) is 0 Å². The SMILES string of the molecule is CCc1cc(NC(=O)N2CCCN(c3nc(C)ns3)CC2)n(C)n1. The Balaban J connectivity index is 1.60. The Morgan fingerprint density at radius 2 is 2.17 bits per heavy atom. The van der Waals surface area contributed by atoms with E-state index in [9.17, 15) is 4.79 Å². The molecule has 3 rings (SSSR count). The largest absolute Gasteiger partial charge is 0.345 e. The van der Waals surface area contributed by atoms with Gasteiger partial charge in [-0.1, -0.05) is 6.92 Å². The highest BCUT2D eigenvalue weighted by Gasteiger charge is 2.21. The monoisotopic (exact) mass is 349 g/mol. The van der Waals surface area contributed by atoms with Crippen LogP contribution in [0.15, 0.2) is 6.07 Å². The number of hydrogen-bond acceptors (Lipinski definition) is 6. The fourth-order valence-corrected chi connectivity index (χ4v) is 3.46. The minimum absolute atomic E-state index is 0.0732. The van der Waals surface area contributed by atoms with Crippen LogP contribution in [0.25, 0.3) is 0 Å². The van der Waals surface area contributed by atoms with E-state index in [1.165, 1.54) is 11.5 Å². The van der Waals surface area contributed by atoms with Crippen LogP contribution < -0.4 is 10.2 Å². The van der Waals surface area contributed by atoms with E-state index < -0.39 is 0 Å². The molecule has 9 heteroatoms. The van der Waals surface area contributed by atoms with Crippen LogP contribution in [0.5, 0.6) is 0 Å². The molecule has 0 saturated carbocycles. The molecule has 0 aliphatic carbocycles. The minimum atomic E-state index is -0.0732. The molecule has 1 saturated heterocycles. The predicted octanol–water partition coefficient (Wildman–Crippen LogP) is 1.89. The first-order valence-electron chi connectivity index (χ1n) is 8.21. The van der Waals surface area contributed by atoms with E-state index in [4.69, 9.17) is 0 Å². The van der Waals surface area contributed by atoms with Crippen molar-refractivity contribution in [1.29, 1.82) is 0 Å². The summed E-state index contributed by atoms with van der Waals surface area (Å²) in [7, 11) is 1.84. The van der Waals surface area contributed by atoms with Gasteiger partial charge in [-0.25, -0.2) is 9.78 Å². The zero-order chi connectivity index (χ0) is 17.1. The summed E-state index contributed by atoms with van der Waals surface area (Å²) < 4.78 is 5.95. The lowest BCUT2D eigenvalue weighted by atomic mass is 10.3. The van der Waals surface area contributed by atoms with Gasteiger partial charge in [0.1, 0.15) is 11.6 Å².